The molecular formula is C20H12BrIN2OS. The van der Waals surface area contributed by atoms with Crippen LogP contribution in [0.1, 0.15) is 10.7 Å². The van der Waals surface area contributed by atoms with Gasteiger partial charge >= 0.3 is 0 Å². The monoisotopic (exact) mass is 534 g/mol. The van der Waals surface area contributed by atoms with Crippen molar-refractivity contribution in [3.05, 3.63) is 89.1 Å². The summed E-state index contributed by atoms with van der Waals surface area (Å²) >= 11 is 7.30. The van der Waals surface area contributed by atoms with Crippen molar-refractivity contribution in [2.45, 2.75) is 0 Å². The van der Waals surface area contributed by atoms with E-state index in [1.807, 2.05) is 72.1 Å². The number of benzene rings is 2. The molecule has 0 aliphatic carbocycles. The van der Waals surface area contributed by atoms with Gasteiger partial charge in [0.1, 0.15) is 5.82 Å². The van der Waals surface area contributed by atoms with E-state index < -0.39 is 0 Å². The van der Waals surface area contributed by atoms with Crippen molar-refractivity contribution in [1.82, 2.24) is 9.55 Å². The topological polar surface area (TPSA) is 34.9 Å². The van der Waals surface area contributed by atoms with Crippen LogP contribution in [0.2, 0.25) is 0 Å². The summed E-state index contributed by atoms with van der Waals surface area (Å²) in [5, 5.41) is 2.64. The Hall–Kier alpha value is -1.77. The highest BCUT2D eigenvalue weighted by molar-refractivity contribution is 14.1. The van der Waals surface area contributed by atoms with Crippen molar-refractivity contribution >= 4 is 72.9 Å². The highest BCUT2D eigenvalue weighted by atomic mass is 127. The van der Waals surface area contributed by atoms with Gasteiger partial charge in [0.15, 0.2) is 0 Å². The molecule has 4 aromatic rings. The highest BCUT2D eigenvalue weighted by Gasteiger charge is 2.11. The Bertz CT molecular complexity index is 1170. The lowest BCUT2D eigenvalue weighted by Crippen LogP contribution is -2.22. The van der Waals surface area contributed by atoms with Gasteiger partial charge in [-0.2, -0.15) is 0 Å². The molecule has 0 radical (unpaired) electrons. The number of nitrogens with zero attached hydrogens (tertiary/aromatic N) is 2. The van der Waals surface area contributed by atoms with Gasteiger partial charge in [0.25, 0.3) is 5.56 Å². The first-order valence-electron chi connectivity index (χ1n) is 7.82. The number of thiophene rings is 1. The third-order valence-corrected chi connectivity index (χ3v) is 5.92. The number of halogens is 2. The molecule has 128 valence electrons. The molecule has 26 heavy (non-hydrogen) atoms. The van der Waals surface area contributed by atoms with Crippen LogP contribution in [0.15, 0.2) is 69.2 Å². The lowest BCUT2D eigenvalue weighted by molar-refractivity contribution is 0.943. The summed E-state index contributed by atoms with van der Waals surface area (Å²) in [5.74, 6) is 0.611. The Morgan fingerprint density at radius 3 is 2.62 bits per heavy atom. The van der Waals surface area contributed by atoms with Gasteiger partial charge in [-0.25, -0.2) is 4.98 Å². The van der Waals surface area contributed by atoms with E-state index in [0.29, 0.717) is 16.7 Å². The molecule has 0 N–H and O–H groups in total. The van der Waals surface area contributed by atoms with Crippen molar-refractivity contribution in [3.63, 3.8) is 0 Å². The van der Waals surface area contributed by atoms with E-state index in [4.69, 9.17) is 4.98 Å². The van der Waals surface area contributed by atoms with E-state index in [2.05, 4.69) is 38.5 Å². The minimum atomic E-state index is -0.0679. The molecule has 0 saturated heterocycles. The van der Waals surface area contributed by atoms with E-state index in [1.54, 1.807) is 15.9 Å². The molecule has 0 unspecified atom stereocenters. The Morgan fingerprint density at radius 1 is 1.08 bits per heavy atom. The quantitative estimate of drug-likeness (QED) is 0.303. The second kappa shape index (κ2) is 7.46. The van der Waals surface area contributed by atoms with Crippen LogP contribution in [0.5, 0.6) is 0 Å². The van der Waals surface area contributed by atoms with Crippen LogP contribution in [0, 0.1) is 3.57 Å². The maximum absolute atomic E-state index is 13.2. The predicted molar refractivity (Wildman–Crippen MR) is 121 cm³/mol. The van der Waals surface area contributed by atoms with Gasteiger partial charge in [-0.15, -0.1) is 11.3 Å². The first-order valence-corrected chi connectivity index (χ1v) is 10.6. The Kier molecular flexibility index (Phi) is 5.06. The minimum Gasteiger partial charge on any atom is -0.268 e. The number of aromatic nitrogens is 2. The molecule has 4 rings (SSSR count). The van der Waals surface area contributed by atoms with Crippen LogP contribution in [0.4, 0.5) is 0 Å². The summed E-state index contributed by atoms with van der Waals surface area (Å²) in [6, 6.07) is 17.5. The molecule has 2 aromatic carbocycles. The van der Waals surface area contributed by atoms with Crippen LogP contribution < -0.4 is 5.56 Å². The fourth-order valence-electron chi connectivity index (χ4n) is 2.67. The van der Waals surface area contributed by atoms with Crippen molar-refractivity contribution in [3.8, 4) is 5.69 Å². The zero-order chi connectivity index (χ0) is 18.1. The standard InChI is InChI=1S/C20H12BrIN2OS/c21-13-3-6-15(7-4-13)24-19(10-8-16-2-1-11-26-16)23-18-9-5-14(22)12-17(18)20(24)25/h1-12H/b10-8+. The Labute approximate surface area is 176 Å². The maximum atomic E-state index is 13.2. The summed E-state index contributed by atoms with van der Waals surface area (Å²) in [7, 11) is 0. The second-order valence-electron chi connectivity index (χ2n) is 5.60. The molecule has 6 heteroatoms. The average Bonchev–Trinajstić information content (AvgIpc) is 3.15. The number of fused-ring (bicyclic) bond motifs is 1. The van der Waals surface area contributed by atoms with Crippen molar-refractivity contribution in [2.24, 2.45) is 0 Å². The summed E-state index contributed by atoms with van der Waals surface area (Å²) in [6.45, 7) is 0. The molecule has 0 saturated carbocycles. The molecule has 2 heterocycles. The predicted octanol–water partition coefficient (Wildman–Crippen LogP) is 5.98. The van der Waals surface area contributed by atoms with Crippen LogP contribution >= 0.6 is 49.9 Å². The van der Waals surface area contributed by atoms with Crippen molar-refractivity contribution in [2.75, 3.05) is 0 Å². The minimum absolute atomic E-state index is 0.0679. The zero-order valence-corrected chi connectivity index (χ0v) is 18.0. The lowest BCUT2D eigenvalue weighted by Gasteiger charge is -2.11. The molecule has 2 aromatic heterocycles. The highest BCUT2D eigenvalue weighted by Crippen LogP contribution is 2.20. The van der Waals surface area contributed by atoms with Crippen molar-refractivity contribution < 1.29 is 0 Å². The number of rotatable bonds is 3. The van der Waals surface area contributed by atoms with E-state index in [-0.39, 0.29) is 5.56 Å². The normalized spacial score (nSPS) is 11.5. The van der Waals surface area contributed by atoms with Crippen LogP contribution in [-0.4, -0.2) is 9.55 Å². The number of hydrogen-bond acceptors (Lipinski definition) is 3. The Morgan fingerprint density at radius 2 is 1.88 bits per heavy atom. The molecule has 0 aliphatic heterocycles. The van der Waals surface area contributed by atoms with E-state index >= 15 is 0 Å². The maximum Gasteiger partial charge on any atom is 0.266 e. The fourth-order valence-corrected chi connectivity index (χ4v) is 4.04. The summed E-state index contributed by atoms with van der Waals surface area (Å²) in [4.78, 5) is 19.1. The van der Waals surface area contributed by atoms with Gasteiger partial charge < -0.3 is 0 Å². The van der Waals surface area contributed by atoms with Crippen LogP contribution in [0.25, 0.3) is 28.7 Å². The summed E-state index contributed by atoms with van der Waals surface area (Å²) in [5.41, 5.74) is 1.42. The van der Waals surface area contributed by atoms with Crippen LogP contribution in [0.3, 0.4) is 0 Å². The fraction of sp³-hybridized carbons (Fsp3) is 0. The number of hydrogen-bond donors (Lipinski definition) is 0. The van der Waals surface area contributed by atoms with E-state index in [1.165, 1.54) is 0 Å². The molecular weight excluding hydrogens is 523 g/mol. The lowest BCUT2D eigenvalue weighted by atomic mass is 10.2. The average molecular weight is 535 g/mol. The van der Waals surface area contributed by atoms with Gasteiger partial charge in [-0.3, -0.25) is 9.36 Å². The first kappa shape index (κ1) is 17.6. The third-order valence-electron chi connectivity index (χ3n) is 3.88. The molecule has 0 spiro atoms. The molecule has 3 nitrogen and oxygen atoms in total. The molecule has 0 fully saturated rings. The van der Waals surface area contributed by atoms with Gasteiger partial charge in [0.05, 0.1) is 16.6 Å². The smallest absolute Gasteiger partial charge is 0.266 e. The van der Waals surface area contributed by atoms with Crippen LogP contribution in [-0.2, 0) is 0 Å². The van der Waals surface area contributed by atoms with E-state index in [9.17, 15) is 4.79 Å². The summed E-state index contributed by atoms with van der Waals surface area (Å²) in [6.07, 6.45) is 3.88. The van der Waals surface area contributed by atoms with Crippen molar-refractivity contribution in [1.29, 1.82) is 0 Å². The SMILES string of the molecule is O=c1c2cc(I)ccc2nc(/C=C/c2cccs2)n1-c1ccc(Br)cc1. The molecule has 0 bridgehead atoms. The van der Waals surface area contributed by atoms with Gasteiger partial charge in [0.2, 0.25) is 0 Å². The molecule has 0 aliphatic rings. The largest absolute Gasteiger partial charge is 0.268 e. The van der Waals surface area contributed by atoms with E-state index in [0.717, 1.165) is 18.6 Å². The second-order valence-corrected chi connectivity index (χ2v) is 8.74. The third kappa shape index (κ3) is 3.54. The van der Waals surface area contributed by atoms with Gasteiger partial charge in [0, 0.05) is 12.9 Å². The first-order chi connectivity index (χ1) is 12.6. The molecule has 0 atom stereocenters. The van der Waals surface area contributed by atoms with Gasteiger partial charge in [-0.1, -0.05) is 22.0 Å². The summed E-state index contributed by atoms with van der Waals surface area (Å²) < 4.78 is 3.64. The van der Waals surface area contributed by atoms with Gasteiger partial charge in [-0.05, 0) is 88.7 Å². The zero-order valence-electron chi connectivity index (χ0n) is 13.4. The molecule has 0 amide bonds. The Balaban J connectivity index is 1.98.